The van der Waals surface area contributed by atoms with Gasteiger partial charge >= 0.3 is 0 Å². The molecule has 1 N–H and O–H groups in total. The summed E-state index contributed by atoms with van der Waals surface area (Å²) in [5.74, 6) is -0.294. The van der Waals surface area contributed by atoms with Crippen LogP contribution in [0.1, 0.15) is 5.56 Å². The number of benzene rings is 3. The van der Waals surface area contributed by atoms with Gasteiger partial charge < -0.3 is 5.32 Å². The van der Waals surface area contributed by atoms with Crippen LogP contribution in [-0.4, -0.2) is 10.8 Å². The number of non-ortho nitro benzene ring substituents is 1. The van der Waals surface area contributed by atoms with Crippen LogP contribution in [0.4, 0.5) is 11.4 Å². The minimum absolute atomic E-state index is 0.00777. The molecule has 0 atom stereocenters. The highest BCUT2D eigenvalue weighted by atomic mass is 16.6. The highest BCUT2D eigenvalue weighted by Crippen LogP contribution is 2.23. The molecule has 5 heteroatoms. The molecule has 1 amide bonds. The van der Waals surface area contributed by atoms with E-state index >= 15 is 0 Å². The van der Waals surface area contributed by atoms with Crippen molar-refractivity contribution in [3.8, 4) is 0 Å². The number of carbonyl (C=O) groups excluding carboxylic acids is 1. The van der Waals surface area contributed by atoms with Gasteiger partial charge in [-0.1, -0.05) is 48.5 Å². The fraction of sp³-hybridized carbons (Fsp3) is 0. The summed E-state index contributed by atoms with van der Waals surface area (Å²) in [5.41, 5.74) is 1.31. The van der Waals surface area contributed by atoms with E-state index in [1.165, 1.54) is 18.2 Å². The number of hydrogen-bond acceptors (Lipinski definition) is 3. The predicted molar refractivity (Wildman–Crippen MR) is 94.7 cm³/mol. The van der Waals surface area contributed by atoms with E-state index in [4.69, 9.17) is 0 Å². The van der Waals surface area contributed by atoms with Gasteiger partial charge in [0.25, 0.3) is 5.69 Å². The summed E-state index contributed by atoms with van der Waals surface area (Å²) in [4.78, 5) is 22.4. The maximum Gasteiger partial charge on any atom is 0.270 e. The molecule has 3 rings (SSSR count). The van der Waals surface area contributed by atoms with E-state index in [0.29, 0.717) is 5.56 Å². The molecule has 0 fully saturated rings. The molecule has 0 bridgehead atoms. The van der Waals surface area contributed by atoms with Crippen LogP contribution in [0.5, 0.6) is 0 Å². The van der Waals surface area contributed by atoms with E-state index in [2.05, 4.69) is 5.32 Å². The van der Waals surface area contributed by atoms with Gasteiger partial charge in [-0.15, -0.1) is 0 Å². The Bertz CT molecular complexity index is 943. The summed E-state index contributed by atoms with van der Waals surface area (Å²) >= 11 is 0. The molecule has 3 aromatic carbocycles. The molecule has 3 aromatic rings. The number of nitro benzene ring substituents is 1. The first-order chi connectivity index (χ1) is 11.6. The van der Waals surface area contributed by atoms with Gasteiger partial charge in [-0.05, 0) is 23.1 Å². The zero-order chi connectivity index (χ0) is 16.9. The van der Waals surface area contributed by atoms with E-state index in [-0.39, 0.29) is 11.6 Å². The second-order valence-electron chi connectivity index (χ2n) is 5.20. The van der Waals surface area contributed by atoms with Crippen molar-refractivity contribution >= 4 is 34.1 Å². The number of nitrogens with zero attached hydrogens (tertiary/aromatic N) is 1. The quantitative estimate of drug-likeness (QED) is 0.440. The Morgan fingerprint density at radius 3 is 2.58 bits per heavy atom. The molecule has 0 saturated heterocycles. The number of fused-ring (bicyclic) bond motifs is 1. The van der Waals surface area contributed by atoms with Crippen molar-refractivity contribution < 1.29 is 9.72 Å². The van der Waals surface area contributed by atoms with Gasteiger partial charge in [0.1, 0.15) is 0 Å². The largest absolute Gasteiger partial charge is 0.322 e. The van der Waals surface area contributed by atoms with Crippen molar-refractivity contribution in [1.29, 1.82) is 0 Å². The molecule has 0 aromatic heterocycles. The molecule has 0 unspecified atom stereocenters. The first-order valence-corrected chi connectivity index (χ1v) is 7.35. The van der Waals surface area contributed by atoms with Gasteiger partial charge in [0.05, 0.1) is 4.92 Å². The number of rotatable bonds is 4. The van der Waals surface area contributed by atoms with Crippen molar-refractivity contribution in [2.24, 2.45) is 0 Å². The average Bonchev–Trinajstić information content (AvgIpc) is 2.60. The first kappa shape index (κ1) is 15.4. The minimum Gasteiger partial charge on any atom is -0.322 e. The summed E-state index contributed by atoms with van der Waals surface area (Å²) in [6.07, 6.45) is 2.91. The summed E-state index contributed by atoms with van der Waals surface area (Å²) in [6.45, 7) is 0. The topological polar surface area (TPSA) is 72.2 Å². The Hall–Kier alpha value is -3.47. The lowest BCUT2D eigenvalue weighted by molar-refractivity contribution is -0.384. The highest BCUT2D eigenvalue weighted by Gasteiger charge is 2.05. The number of nitro groups is 1. The molecule has 0 aliphatic heterocycles. The van der Waals surface area contributed by atoms with Crippen LogP contribution >= 0.6 is 0 Å². The monoisotopic (exact) mass is 318 g/mol. The van der Waals surface area contributed by atoms with E-state index in [1.54, 1.807) is 18.2 Å². The lowest BCUT2D eigenvalue weighted by Gasteiger charge is -2.06. The van der Waals surface area contributed by atoms with Crippen LogP contribution in [0.15, 0.2) is 72.8 Å². The second-order valence-corrected chi connectivity index (χ2v) is 5.20. The predicted octanol–water partition coefficient (Wildman–Crippen LogP) is 4.40. The van der Waals surface area contributed by atoms with Crippen LogP contribution < -0.4 is 5.32 Å². The molecule has 5 nitrogen and oxygen atoms in total. The van der Waals surface area contributed by atoms with Crippen molar-refractivity contribution in [2.45, 2.75) is 0 Å². The molecule has 24 heavy (non-hydrogen) atoms. The van der Waals surface area contributed by atoms with Crippen molar-refractivity contribution in [2.75, 3.05) is 5.32 Å². The van der Waals surface area contributed by atoms with Crippen LogP contribution in [-0.2, 0) is 4.79 Å². The standard InChI is InChI=1S/C19H14N2O3/c22-19(12-11-14-5-3-8-16(13-14)21(23)24)20-18-10-4-7-15-6-1-2-9-17(15)18/h1-13H,(H,20,22)/b12-11-. The third-order valence-electron chi connectivity index (χ3n) is 3.56. The van der Waals surface area contributed by atoms with Crippen molar-refractivity contribution in [3.63, 3.8) is 0 Å². The summed E-state index contributed by atoms with van der Waals surface area (Å²) in [6, 6.07) is 19.6. The molecule has 0 spiro atoms. The van der Waals surface area contributed by atoms with Gasteiger partial charge in [-0.25, -0.2) is 0 Å². The van der Waals surface area contributed by atoms with E-state index in [0.717, 1.165) is 16.5 Å². The fourth-order valence-corrected chi connectivity index (χ4v) is 2.42. The molecule has 0 radical (unpaired) electrons. The van der Waals surface area contributed by atoms with Crippen molar-refractivity contribution in [1.82, 2.24) is 0 Å². The number of carbonyl (C=O) groups is 1. The first-order valence-electron chi connectivity index (χ1n) is 7.35. The normalized spacial score (nSPS) is 10.8. The van der Waals surface area contributed by atoms with Gasteiger partial charge in [0.2, 0.25) is 5.91 Å². The number of hydrogen-bond donors (Lipinski definition) is 1. The zero-order valence-corrected chi connectivity index (χ0v) is 12.7. The fourth-order valence-electron chi connectivity index (χ4n) is 2.42. The smallest absolute Gasteiger partial charge is 0.270 e. The Morgan fingerprint density at radius 1 is 1.00 bits per heavy atom. The van der Waals surface area contributed by atoms with Crippen LogP contribution in [0, 0.1) is 10.1 Å². The van der Waals surface area contributed by atoms with Crippen LogP contribution in [0.2, 0.25) is 0 Å². The maximum absolute atomic E-state index is 12.1. The minimum atomic E-state index is -0.465. The molecule has 0 aliphatic carbocycles. The van der Waals surface area contributed by atoms with Crippen LogP contribution in [0.25, 0.3) is 16.8 Å². The molecule has 0 saturated carbocycles. The van der Waals surface area contributed by atoms with E-state index < -0.39 is 4.92 Å². The molecule has 0 heterocycles. The number of nitrogens with one attached hydrogen (secondary N) is 1. The Balaban J connectivity index is 1.78. The average molecular weight is 318 g/mol. The second kappa shape index (κ2) is 6.75. The van der Waals surface area contributed by atoms with Gasteiger partial charge in [-0.2, -0.15) is 0 Å². The highest BCUT2D eigenvalue weighted by molar-refractivity contribution is 6.07. The maximum atomic E-state index is 12.1. The third-order valence-corrected chi connectivity index (χ3v) is 3.56. The molecule has 118 valence electrons. The molecular weight excluding hydrogens is 304 g/mol. The summed E-state index contributed by atoms with van der Waals surface area (Å²) in [7, 11) is 0. The Labute approximate surface area is 138 Å². The van der Waals surface area contributed by atoms with Gasteiger partial charge in [-0.3, -0.25) is 14.9 Å². The Morgan fingerprint density at radius 2 is 1.75 bits per heavy atom. The summed E-state index contributed by atoms with van der Waals surface area (Å²) < 4.78 is 0. The lowest BCUT2D eigenvalue weighted by Crippen LogP contribution is -2.08. The zero-order valence-electron chi connectivity index (χ0n) is 12.7. The van der Waals surface area contributed by atoms with E-state index in [1.807, 2.05) is 42.5 Å². The van der Waals surface area contributed by atoms with Crippen molar-refractivity contribution in [3.05, 3.63) is 88.5 Å². The van der Waals surface area contributed by atoms with Gasteiger partial charge in [0, 0.05) is 29.3 Å². The third kappa shape index (κ3) is 3.47. The lowest BCUT2D eigenvalue weighted by atomic mass is 10.1. The Kier molecular flexibility index (Phi) is 4.34. The van der Waals surface area contributed by atoms with Crippen LogP contribution in [0.3, 0.4) is 0 Å². The SMILES string of the molecule is O=C(/C=C\c1cccc([N+](=O)[O-])c1)Nc1cccc2ccccc12. The van der Waals surface area contributed by atoms with Gasteiger partial charge in [0.15, 0.2) is 0 Å². The number of amides is 1. The number of anilines is 1. The molecule has 0 aliphatic rings. The summed E-state index contributed by atoms with van der Waals surface area (Å²) in [5, 5.41) is 15.6. The van der Waals surface area contributed by atoms with E-state index in [9.17, 15) is 14.9 Å². The molecular formula is C19H14N2O3.